The molecule has 32 heavy (non-hydrogen) atoms. The molecule has 1 unspecified atom stereocenters. The number of nitrogens with zero attached hydrogens (tertiary/aromatic N) is 3. The Balaban J connectivity index is 1.59. The summed E-state index contributed by atoms with van der Waals surface area (Å²) in [6.45, 7) is 8.85. The molecule has 1 saturated heterocycles. The summed E-state index contributed by atoms with van der Waals surface area (Å²) in [7, 11) is 0. The van der Waals surface area contributed by atoms with Crippen LogP contribution in [0.1, 0.15) is 31.9 Å². The molecule has 0 bridgehead atoms. The Hall–Kier alpha value is -3.20. The van der Waals surface area contributed by atoms with Crippen LogP contribution in [0.3, 0.4) is 0 Å². The number of likely N-dealkylation sites (N-methyl/N-ethyl adjacent to an activating group) is 1. The number of nitro benzene ring substituents is 1. The molecule has 1 aliphatic rings. The first-order chi connectivity index (χ1) is 15.4. The van der Waals surface area contributed by atoms with Crippen LogP contribution in [0.15, 0.2) is 42.5 Å². The van der Waals surface area contributed by atoms with E-state index >= 15 is 0 Å². The molecule has 1 amide bonds. The van der Waals surface area contributed by atoms with E-state index in [1.54, 1.807) is 24.3 Å². The summed E-state index contributed by atoms with van der Waals surface area (Å²) in [5.74, 6) is -0.551. The number of hydrogen-bond donors (Lipinski definition) is 2. The van der Waals surface area contributed by atoms with Crippen molar-refractivity contribution in [2.45, 2.75) is 26.3 Å². The second-order valence-electron chi connectivity index (χ2n) is 7.86. The average molecular weight is 444 g/mol. The number of nitro groups is 1. The molecule has 1 heterocycles. The SMILES string of the molecule is CCN1CCN(c2ccc(F)cc2C(C)NC(=O)CCNc2ccccc2[N+](=O)[O-])CC1. The number of piperazine rings is 1. The third-order valence-corrected chi connectivity index (χ3v) is 5.76. The Morgan fingerprint density at radius 3 is 2.59 bits per heavy atom. The molecular formula is C23H30FN5O3. The topological polar surface area (TPSA) is 90.8 Å². The van der Waals surface area contributed by atoms with Crippen LogP contribution in [0.4, 0.5) is 21.5 Å². The summed E-state index contributed by atoms with van der Waals surface area (Å²) in [6, 6.07) is 10.7. The van der Waals surface area contributed by atoms with Gasteiger partial charge in [-0.2, -0.15) is 0 Å². The lowest BCUT2D eigenvalue weighted by atomic mass is 10.0. The first kappa shape index (κ1) is 23.5. The maximum Gasteiger partial charge on any atom is 0.292 e. The first-order valence-electron chi connectivity index (χ1n) is 10.9. The molecule has 8 nitrogen and oxygen atoms in total. The summed E-state index contributed by atoms with van der Waals surface area (Å²) in [5.41, 5.74) is 2.02. The van der Waals surface area contributed by atoms with Crippen molar-refractivity contribution in [1.29, 1.82) is 0 Å². The molecule has 172 valence electrons. The molecule has 2 aromatic rings. The predicted molar refractivity (Wildman–Crippen MR) is 123 cm³/mol. The first-order valence-corrected chi connectivity index (χ1v) is 10.9. The Kier molecular flexibility index (Phi) is 7.99. The summed E-state index contributed by atoms with van der Waals surface area (Å²) < 4.78 is 14.0. The van der Waals surface area contributed by atoms with E-state index in [1.165, 1.54) is 18.2 Å². The van der Waals surface area contributed by atoms with Crippen molar-refractivity contribution < 1.29 is 14.1 Å². The predicted octanol–water partition coefficient (Wildman–Crippen LogP) is 3.56. The fraction of sp³-hybridized carbons (Fsp3) is 0.435. The van der Waals surface area contributed by atoms with Crippen molar-refractivity contribution in [2.75, 3.05) is 49.5 Å². The van der Waals surface area contributed by atoms with E-state index in [9.17, 15) is 19.3 Å². The Morgan fingerprint density at radius 2 is 1.91 bits per heavy atom. The van der Waals surface area contributed by atoms with E-state index in [0.29, 0.717) is 5.69 Å². The minimum Gasteiger partial charge on any atom is -0.379 e. The number of hydrogen-bond acceptors (Lipinski definition) is 6. The van der Waals surface area contributed by atoms with Crippen LogP contribution in [0.25, 0.3) is 0 Å². The quantitative estimate of drug-likeness (QED) is 0.455. The lowest BCUT2D eigenvalue weighted by Crippen LogP contribution is -2.46. The van der Waals surface area contributed by atoms with E-state index in [-0.39, 0.29) is 36.4 Å². The van der Waals surface area contributed by atoms with Crippen LogP contribution in [-0.2, 0) is 4.79 Å². The fourth-order valence-corrected chi connectivity index (χ4v) is 3.95. The minimum absolute atomic E-state index is 0.0335. The van der Waals surface area contributed by atoms with E-state index in [0.717, 1.165) is 44.0 Å². The molecule has 0 saturated carbocycles. The van der Waals surface area contributed by atoms with Gasteiger partial charge in [0.2, 0.25) is 5.91 Å². The summed E-state index contributed by atoms with van der Waals surface area (Å²) in [4.78, 5) is 27.7. The van der Waals surface area contributed by atoms with Crippen LogP contribution in [0.5, 0.6) is 0 Å². The smallest absolute Gasteiger partial charge is 0.292 e. The number of carbonyl (C=O) groups excluding carboxylic acids is 1. The zero-order valence-electron chi connectivity index (χ0n) is 18.5. The van der Waals surface area contributed by atoms with Crippen molar-refractivity contribution in [3.63, 3.8) is 0 Å². The zero-order valence-corrected chi connectivity index (χ0v) is 18.5. The second-order valence-corrected chi connectivity index (χ2v) is 7.86. The largest absolute Gasteiger partial charge is 0.379 e. The molecule has 3 rings (SSSR count). The van der Waals surface area contributed by atoms with Gasteiger partial charge in [0.25, 0.3) is 5.69 Å². The van der Waals surface area contributed by atoms with E-state index in [4.69, 9.17) is 0 Å². The molecule has 0 spiro atoms. The van der Waals surface area contributed by atoms with Gasteiger partial charge in [-0.25, -0.2) is 4.39 Å². The summed E-state index contributed by atoms with van der Waals surface area (Å²) in [5, 5.41) is 17.0. The van der Waals surface area contributed by atoms with Crippen LogP contribution in [-0.4, -0.2) is 55.0 Å². The number of benzene rings is 2. The number of nitrogens with one attached hydrogen (secondary N) is 2. The zero-order chi connectivity index (χ0) is 23.1. The normalized spacial score (nSPS) is 15.3. The molecule has 1 aliphatic heterocycles. The van der Waals surface area contributed by atoms with Crippen molar-refractivity contribution in [2.24, 2.45) is 0 Å². The number of carbonyl (C=O) groups is 1. The maximum absolute atomic E-state index is 14.0. The molecule has 0 aromatic heterocycles. The lowest BCUT2D eigenvalue weighted by Gasteiger charge is -2.37. The monoisotopic (exact) mass is 443 g/mol. The van der Waals surface area contributed by atoms with Crippen molar-refractivity contribution >= 4 is 23.0 Å². The van der Waals surface area contributed by atoms with E-state index < -0.39 is 4.92 Å². The van der Waals surface area contributed by atoms with Gasteiger partial charge in [0, 0.05) is 56.5 Å². The number of amides is 1. The number of para-hydroxylation sites is 2. The van der Waals surface area contributed by atoms with Gasteiger partial charge in [-0.3, -0.25) is 14.9 Å². The average Bonchev–Trinajstić information content (AvgIpc) is 2.79. The third-order valence-electron chi connectivity index (χ3n) is 5.76. The highest BCUT2D eigenvalue weighted by Gasteiger charge is 2.22. The second kappa shape index (κ2) is 10.9. The van der Waals surface area contributed by atoms with Crippen LogP contribution >= 0.6 is 0 Å². The Morgan fingerprint density at radius 1 is 1.19 bits per heavy atom. The van der Waals surface area contributed by atoms with Crippen molar-refractivity contribution in [1.82, 2.24) is 10.2 Å². The highest BCUT2D eigenvalue weighted by Crippen LogP contribution is 2.28. The van der Waals surface area contributed by atoms with Crippen LogP contribution in [0, 0.1) is 15.9 Å². The summed E-state index contributed by atoms with van der Waals surface area (Å²) in [6.07, 6.45) is 0.135. The van der Waals surface area contributed by atoms with Gasteiger partial charge >= 0.3 is 0 Å². The number of rotatable bonds is 9. The molecule has 2 aromatic carbocycles. The van der Waals surface area contributed by atoms with Gasteiger partial charge in [0.1, 0.15) is 11.5 Å². The molecule has 2 N–H and O–H groups in total. The van der Waals surface area contributed by atoms with Crippen molar-refractivity contribution in [3.8, 4) is 0 Å². The highest BCUT2D eigenvalue weighted by molar-refractivity contribution is 5.77. The van der Waals surface area contributed by atoms with E-state index in [2.05, 4.69) is 27.4 Å². The fourth-order valence-electron chi connectivity index (χ4n) is 3.95. The van der Waals surface area contributed by atoms with Gasteiger partial charge in [-0.05, 0) is 37.7 Å². The standard InChI is InChI=1S/C23H30FN5O3/c1-3-27-12-14-28(15-13-27)21-9-8-18(24)16-19(21)17(2)26-23(30)10-11-25-20-6-4-5-7-22(20)29(31)32/h4-9,16-17,25H,3,10-15H2,1-2H3,(H,26,30). The van der Waals surface area contributed by atoms with Gasteiger partial charge in [-0.1, -0.05) is 19.1 Å². The Bertz CT molecular complexity index is 947. The molecule has 0 radical (unpaired) electrons. The van der Waals surface area contributed by atoms with Crippen molar-refractivity contribution in [3.05, 3.63) is 64.0 Å². The van der Waals surface area contributed by atoms with Gasteiger partial charge in [-0.15, -0.1) is 0 Å². The molecule has 9 heteroatoms. The third kappa shape index (κ3) is 5.94. The maximum atomic E-state index is 14.0. The lowest BCUT2D eigenvalue weighted by molar-refractivity contribution is -0.384. The van der Waals surface area contributed by atoms with Gasteiger partial charge in [0.15, 0.2) is 0 Å². The molecule has 1 atom stereocenters. The number of halogens is 1. The van der Waals surface area contributed by atoms with Crippen LogP contribution in [0.2, 0.25) is 0 Å². The van der Waals surface area contributed by atoms with Crippen LogP contribution < -0.4 is 15.5 Å². The highest BCUT2D eigenvalue weighted by atomic mass is 19.1. The molecular weight excluding hydrogens is 413 g/mol. The van der Waals surface area contributed by atoms with E-state index in [1.807, 2.05) is 6.92 Å². The minimum atomic E-state index is -0.462. The summed E-state index contributed by atoms with van der Waals surface area (Å²) >= 11 is 0. The van der Waals surface area contributed by atoms with Gasteiger partial charge < -0.3 is 20.4 Å². The van der Waals surface area contributed by atoms with Gasteiger partial charge in [0.05, 0.1) is 11.0 Å². The number of anilines is 2. The molecule has 0 aliphatic carbocycles. The molecule has 1 fully saturated rings. The Labute approximate surface area is 187 Å².